The number of hydrogen-bond donors (Lipinski definition) is 2. The quantitative estimate of drug-likeness (QED) is 0.228. The molecule has 0 saturated heterocycles. The van der Waals surface area contributed by atoms with Gasteiger partial charge in [0.15, 0.2) is 0 Å². The number of carbonyl (C=O) groups is 2. The summed E-state index contributed by atoms with van der Waals surface area (Å²) in [5.41, 5.74) is 8.81. The molecule has 2 aromatic carbocycles. The molecule has 2 amide bonds. The van der Waals surface area contributed by atoms with E-state index in [2.05, 4.69) is 21.1 Å². The average molecular weight is 459 g/mol. The summed E-state index contributed by atoms with van der Waals surface area (Å²) in [6, 6.07) is 19.8. The van der Waals surface area contributed by atoms with Gasteiger partial charge in [0.25, 0.3) is 0 Å². The Hall–Kier alpha value is -3.80. The molecule has 6 nitrogen and oxygen atoms in total. The third-order valence-corrected chi connectivity index (χ3v) is 4.90. The highest BCUT2D eigenvalue weighted by Crippen LogP contribution is 2.06. The van der Waals surface area contributed by atoms with Gasteiger partial charge < -0.3 is 0 Å². The van der Waals surface area contributed by atoms with E-state index in [9.17, 15) is 9.59 Å². The Balaban J connectivity index is 1.53. The van der Waals surface area contributed by atoms with E-state index in [1.807, 2.05) is 98.8 Å². The van der Waals surface area contributed by atoms with Crippen LogP contribution < -0.4 is 10.9 Å². The number of nitrogens with one attached hydrogen (secondary N) is 2. The van der Waals surface area contributed by atoms with Gasteiger partial charge in [0, 0.05) is 12.8 Å². The Bertz CT molecular complexity index is 926. The van der Waals surface area contributed by atoms with Crippen LogP contribution in [0.1, 0.15) is 63.5 Å². The van der Waals surface area contributed by atoms with Crippen LogP contribution in [-0.4, -0.2) is 23.2 Å². The summed E-state index contributed by atoms with van der Waals surface area (Å²) < 4.78 is 0. The van der Waals surface area contributed by atoms with Crippen molar-refractivity contribution in [3.63, 3.8) is 0 Å². The lowest BCUT2D eigenvalue weighted by atomic mass is 10.1. The average Bonchev–Trinajstić information content (AvgIpc) is 2.87. The topological polar surface area (TPSA) is 82.9 Å². The van der Waals surface area contributed by atoms with Gasteiger partial charge in [0.2, 0.25) is 11.8 Å². The monoisotopic (exact) mass is 458 g/mol. The molecule has 0 heterocycles. The van der Waals surface area contributed by atoms with E-state index in [1.54, 1.807) is 0 Å². The van der Waals surface area contributed by atoms with Crippen molar-refractivity contribution in [1.29, 1.82) is 0 Å². The summed E-state index contributed by atoms with van der Waals surface area (Å²) in [5.74, 6) is -0.197. The fourth-order valence-corrected chi connectivity index (χ4v) is 2.97. The van der Waals surface area contributed by atoms with Crippen LogP contribution in [0.5, 0.6) is 0 Å². The molecule has 2 aromatic rings. The zero-order valence-electron chi connectivity index (χ0n) is 20.0. The minimum Gasteiger partial charge on any atom is -0.273 e. The van der Waals surface area contributed by atoms with Crippen molar-refractivity contribution in [3.05, 3.63) is 83.9 Å². The van der Waals surface area contributed by atoms with Gasteiger partial charge in [-0.15, -0.1) is 0 Å². The molecular weight excluding hydrogens is 424 g/mol. The van der Waals surface area contributed by atoms with Crippen LogP contribution in [0.4, 0.5) is 0 Å². The molecule has 6 heteroatoms. The molecule has 0 fully saturated rings. The predicted molar refractivity (Wildman–Crippen MR) is 141 cm³/mol. The molecule has 0 unspecified atom stereocenters. The van der Waals surface area contributed by atoms with Crippen molar-refractivity contribution < 1.29 is 9.59 Å². The van der Waals surface area contributed by atoms with E-state index in [0.717, 1.165) is 48.2 Å². The van der Waals surface area contributed by atoms with E-state index in [4.69, 9.17) is 0 Å². The maximum atomic E-state index is 11.9. The number of carbonyl (C=O) groups excluding carboxylic acids is 2. The van der Waals surface area contributed by atoms with E-state index in [-0.39, 0.29) is 11.8 Å². The Morgan fingerprint density at radius 3 is 1.41 bits per heavy atom. The van der Waals surface area contributed by atoms with Crippen LogP contribution in [-0.2, 0) is 9.59 Å². The molecule has 0 aliphatic carbocycles. The first-order chi connectivity index (χ1) is 16.5. The molecule has 0 saturated carbocycles. The number of nitrogens with zero attached hydrogens (tertiary/aromatic N) is 2. The first-order valence-corrected chi connectivity index (χ1v) is 11.7. The van der Waals surface area contributed by atoms with E-state index >= 15 is 0 Å². The Morgan fingerprint density at radius 2 is 1.03 bits per heavy atom. The van der Waals surface area contributed by atoms with Crippen molar-refractivity contribution in [2.45, 2.75) is 52.4 Å². The highest BCUT2D eigenvalue weighted by Gasteiger charge is 2.02. The molecule has 0 radical (unpaired) electrons. The summed E-state index contributed by atoms with van der Waals surface area (Å²) in [6.07, 6.45) is 11.8. The van der Waals surface area contributed by atoms with Crippen molar-refractivity contribution in [2.24, 2.45) is 10.2 Å². The summed E-state index contributed by atoms with van der Waals surface area (Å²) >= 11 is 0. The number of hydrogen-bond acceptors (Lipinski definition) is 4. The van der Waals surface area contributed by atoms with Gasteiger partial charge in [-0.1, -0.05) is 85.7 Å². The number of rotatable bonds is 13. The first-order valence-electron chi connectivity index (χ1n) is 11.7. The van der Waals surface area contributed by atoms with Crippen LogP contribution in [0, 0.1) is 0 Å². The molecule has 0 atom stereocenters. The molecule has 178 valence electrons. The molecule has 2 rings (SSSR count). The summed E-state index contributed by atoms with van der Waals surface area (Å²) in [6.45, 7) is 3.69. The fraction of sp³-hybridized carbons (Fsp3) is 0.286. The summed E-state index contributed by atoms with van der Waals surface area (Å²) in [5, 5.41) is 8.21. The van der Waals surface area contributed by atoms with Crippen molar-refractivity contribution in [1.82, 2.24) is 10.9 Å². The van der Waals surface area contributed by atoms with Gasteiger partial charge in [0.05, 0.1) is 11.4 Å². The van der Waals surface area contributed by atoms with Crippen LogP contribution in [0.25, 0.3) is 12.2 Å². The molecule has 0 aliphatic rings. The van der Waals surface area contributed by atoms with Gasteiger partial charge in [0.1, 0.15) is 0 Å². The largest absolute Gasteiger partial charge is 0.273 e. The number of benzene rings is 2. The lowest BCUT2D eigenvalue weighted by molar-refractivity contribution is -0.122. The second-order valence-electron chi connectivity index (χ2n) is 7.98. The molecule has 0 aromatic heterocycles. The summed E-state index contributed by atoms with van der Waals surface area (Å²) in [7, 11) is 0. The lowest BCUT2D eigenvalue weighted by Crippen LogP contribution is -2.18. The third kappa shape index (κ3) is 12.3. The van der Waals surface area contributed by atoms with Crippen molar-refractivity contribution >= 4 is 35.4 Å². The van der Waals surface area contributed by atoms with Crippen LogP contribution in [0.2, 0.25) is 0 Å². The second kappa shape index (κ2) is 15.9. The lowest BCUT2D eigenvalue weighted by Gasteiger charge is -2.02. The number of amides is 2. The maximum Gasteiger partial charge on any atom is 0.240 e. The van der Waals surface area contributed by atoms with Crippen LogP contribution >= 0.6 is 0 Å². The first kappa shape index (κ1) is 26.5. The van der Waals surface area contributed by atoms with Gasteiger partial charge >= 0.3 is 0 Å². The minimum absolute atomic E-state index is 0.0985. The smallest absolute Gasteiger partial charge is 0.240 e. The number of hydrazone groups is 2. The Kier molecular flexibility index (Phi) is 12.4. The van der Waals surface area contributed by atoms with E-state index in [0.29, 0.717) is 12.8 Å². The Morgan fingerprint density at radius 1 is 0.647 bits per heavy atom. The molecule has 0 aliphatic heterocycles. The highest BCUT2D eigenvalue weighted by molar-refractivity contribution is 5.97. The van der Waals surface area contributed by atoms with Crippen molar-refractivity contribution in [3.8, 4) is 0 Å². The molecule has 2 N–H and O–H groups in total. The SMILES string of the molecule is CC(/C=C/c1ccccc1)=N/NC(=O)CCCCCCC(=O)N/N=C(C)\C=C\c1ccccc1. The molecule has 34 heavy (non-hydrogen) atoms. The zero-order chi connectivity index (χ0) is 24.4. The normalized spacial score (nSPS) is 12.3. The number of allylic oxidation sites excluding steroid dienone is 2. The summed E-state index contributed by atoms with van der Waals surface area (Å²) in [4.78, 5) is 23.9. The van der Waals surface area contributed by atoms with Crippen LogP contribution in [0.15, 0.2) is 83.0 Å². The molecule has 0 spiro atoms. The molecular formula is C28H34N4O2. The van der Waals surface area contributed by atoms with Gasteiger partial charge in [-0.3, -0.25) is 9.59 Å². The third-order valence-electron chi connectivity index (χ3n) is 4.90. The van der Waals surface area contributed by atoms with Crippen molar-refractivity contribution in [2.75, 3.05) is 0 Å². The van der Waals surface area contributed by atoms with Gasteiger partial charge in [-0.25, -0.2) is 10.9 Å². The van der Waals surface area contributed by atoms with Crippen LogP contribution in [0.3, 0.4) is 0 Å². The predicted octanol–water partition coefficient (Wildman–Crippen LogP) is 5.74. The second-order valence-corrected chi connectivity index (χ2v) is 7.98. The Labute approximate surface area is 202 Å². The van der Waals surface area contributed by atoms with E-state index < -0.39 is 0 Å². The standard InChI is InChI=1S/C28H34N4O2/c1-23(19-21-25-13-7-5-8-14-25)29-31-27(33)17-11-3-4-12-18-28(34)32-30-24(2)20-22-26-15-9-6-10-16-26/h5-10,13-16,19-22H,3-4,11-12,17-18H2,1-2H3,(H,31,33)(H,32,34)/b21-19+,22-20+,29-23-,30-24-. The van der Waals surface area contributed by atoms with Gasteiger partial charge in [-0.2, -0.15) is 10.2 Å². The number of unbranched alkanes of at least 4 members (excludes halogenated alkanes) is 3. The molecule has 0 bridgehead atoms. The minimum atomic E-state index is -0.0985. The van der Waals surface area contributed by atoms with Gasteiger partial charge in [-0.05, 0) is 50.0 Å². The maximum absolute atomic E-state index is 11.9. The van der Waals surface area contributed by atoms with E-state index in [1.165, 1.54) is 0 Å². The fourth-order valence-electron chi connectivity index (χ4n) is 2.97. The highest BCUT2D eigenvalue weighted by atomic mass is 16.2. The zero-order valence-corrected chi connectivity index (χ0v) is 20.0.